The maximum absolute atomic E-state index is 13.4. The predicted octanol–water partition coefficient (Wildman–Crippen LogP) is 4.94. The summed E-state index contributed by atoms with van der Waals surface area (Å²) in [7, 11) is 1.45. The monoisotopic (exact) mass is 523 g/mol. The van der Waals surface area contributed by atoms with E-state index in [-0.39, 0.29) is 32.4 Å². The van der Waals surface area contributed by atoms with Gasteiger partial charge in [0, 0.05) is 41.9 Å². The topological polar surface area (TPSA) is 87.2 Å². The van der Waals surface area contributed by atoms with Crippen molar-refractivity contribution in [3.8, 4) is 0 Å². The molecule has 0 radical (unpaired) electrons. The zero-order valence-corrected chi connectivity index (χ0v) is 19.0. The average molecular weight is 524 g/mol. The minimum Gasteiger partial charge on any atom is -0.393 e. The van der Waals surface area contributed by atoms with Crippen molar-refractivity contribution in [1.29, 1.82) is 0 Å². The second-order valence-electron chi connectivity index (χ2n) is 8.12. The zero-order valence-electron chi connectivity index (χ0n) is 18.2. The Morgan fingerprint density at radius 1 is 1.14 bits per heavy atom. The SMILES string of the molecule is COCC[C@H](O)C[C@H]1c2[nH]c3ccc(Cl)cc3c2CCN1c1nc(C(F)(F)F)nc(C(F)(F)F)n1. The Morgan fingerprint density at radius 3 is 2.40 bits per heavy atom. The third-order valence-corrected chi connectivity index (χ3v) is 5.99. The average Bonchev–Trinajstić information content (AvgIpc) is 3.14. The molecule has 0 fully saturated rings. The Hall–Kier alpha value is -2.64. The summed E-state index contributed by atoms with van der Waals surface area (Å²) in [6.45, 7) is 0.220. The van der Waals surface area contributed by atoms with Gasteiger partial charge in [-0.05, 0) is 43.0 Å². The number of anilines is 1. The fourth-order valence-corrected chi connectivity index (χ4v) is 4.37. The van der Waals surface area contributed by atoms with E-state index in [1.165, 1.54) is 12.0 Å². The first-order chi connectivity index (χ1) is 16.4. The van der Waals surface area contributed by atoms with E-state index in [1.807, 2.05) is 0 Å². The van der Waals surface area contributed by atoms with Crippen LogP contribution in [0, 0.1) is 0 Å². The first-order valence-corrected chi connectivity index (χ1v) is 10.9. The van der Waals surface area contributed by atoms with Crippen molar-refractivity contribution in [2.24, 2.45) is 0 Å². The van der Waals surface area contributed by atoms with Gasteiger partial charge in [0.2, 0.25) is 17.6 Å². The Balaban J connectivity index is 1.84. The number of nitrogens with one attached hydrogen (secondary N) is 1. The van der Waals surface area contributed by atoms with E-state index in [0.29, 0.717) is 16.2 Å². The number of ether oxygens (including phenoxy) is 1. The number of rotatable bonds is 6. The van der Waals surface area contributed by atoms with E-state index >= 15 is 0 Å². The molecule has 2 atom stereocenters. The molecule has 7 nitrogen and oxygen atoms in total. The van der Waals surface area contributed by atoms with E-state index < -0.39 is 42.1 Å². The number of aromatic nitrogens is 4. The maximum Gasteiger partial charge on any atom is 0.451 e. The fourth-order valence-electron chi connectivity index (χ4n) is 4.20. The number of hydrogen-bond acceptors (Lipinski definition) is 6. The highest BCUT2D eigenvalue weighted by molar-refractivity contribution is 6.31. The van der Waals surface area contributed by atoms with Gasteiger partial charge in [-0.3, -0.25) is 0 Å². The van der Waals surface area contributed by atoms with Gasteiger partial charge in [-0.15, -0.1) is 0 Å². The minimum atomic E-state index is -5.22. The minimum absolute atomic E-state index is 0.00669. The maximum atomic E-state index is 13.4. The second kappa shape index (κ2) is 9.43. The molecular weight excluding hydrogens is 504 g/mol. The molecule has 0 bridgehead atoms. The number of alkyl halides is 6. The third kappa shape index (κ3) is 5.31. The summed E-state index contributed by atoms with van der Waals surface area (Å²) in [6.07, 6.45) is -10.9. The van der Waals surface area contributed by atoms with Crippen molar-refractivity contribution in [1.82, 2.24) is 19.9 Å². The smallest absolute Gasteiger partial charge is 0.393 e. The number of hydrogen-bond donors (Lipinski definition) is 2. The summed E-state index contributed by atoms with van der Waals surface area (Å²) in [5.41, 5.74) is 2.04. The molecule has 2 N–H and O–H groups in total. The molecule has 1 aliphatic rings. The summed E-state index contributed by atoms with van der Waals surface area (Å²) < 4.78 is 85.1. The van der Waals surface area contributed by atoms with Gasteiger partial charge < -0.3 is 19.7 Å². The number of nitrogens with zero attached hydrogens (tertiary/aromatic N) is 4. The van der Waals surface area contributed by atoms with Gasteiger partial charge in [0.05, 0.1) is 12.1 Å². The highest BCUT2D eigenvalue weighted by atomic mass is 35.5. The van der Waals surface area contributed by atoms with Crippen molar-refractivity contribution in [3.63, 3.8) is 0 Å². The van der Waals surface area contributed by atoms with Crippen LogP contribution in [0.5, 0.6) is 0 Å². The number of aliphatic hydroxyl groups excluding tert-OH is 1. The van der Waals surface area contributed by atoms with Gasteiger partial charge in [0.1, 0.15) is 0 Å². The molecule has 0 aliphatic carbocycles. The lowest BCUT2D eigenvalue weighted by Crippen LogP contribution is -2.39. The van der Waals surface area contributed by atoms with E-state index in [0.717, 1.165) is 10.9 Å². The molecule has 0 unspecified atom stereocenters. The first-order valence-electron chi connectivity index (χ1n) is 10.5. The van der Waals surface area contributed by atoms with Crippen LogP contribution >= 0.6 is 11.6 Å². The molecule has 0 saturated carbocycles. The molecule has 1 aliphatic heterocycles. The lowest BCUT2D eigenvalue weighted by Gasteiger charge is -2.37. The van der Waals surface area contributed by atoms with Crippen LogP contribution < -0.4 is 4.90 Å². The summed E-state index contributed by atoms with van der Waals surface area (Å²) in [5, 5.41) is 11.8. The van der Waals surface area contributed by atoms with E-state index in [1.54, 1.807) is 18.2 Å². The number of aromatic amines is 1. The van der Waals surface area contributed by atoms with Crippen LogP contribution in [-0.4, -0.2) is 51.4 Å². The van der Waals surface area contributed by atoms with Gasteiger partial charge in [-0.25, -0.2) is 4.98 Å². The van der Waals surface area contributed by atoms with Crippen LogP contribution in [0.4, 0.5) is 32.3 Å². The van der Waals surface area contributed by atoms with E-state index in [4.69, 9.17) is 16.3 Å². The van der Waals surface area contributed by atoms with Crippen LogP contribution in [0.2, 0.25) is 5.02 Å². The molecule has 0 saturated heterocycles. The molecule has 35 heavy (non-hydrogen) atoms. The molecule has 3 heterocycles. The van der Waals surface area contributed by atoms with E-state index in [2.05, 4.69) is 19.9 Å². The number of benzene rings is 1. The molecule has 4 rings (SSSR count). The van der Waals surface area contributed by atoms with Crippen molar-refractivity contribution in [2.75, 3.05) is 25.2 Å². The molecule has 0 amide bonds. The van der Waals surface area contributed by atoms with Gasteiger partial charge in [-0.2, -0.15) is 36.3 Å². The Bertz CT molecular complexity index is 1180. The van der Waals surface area contributed by atoms with Crippen molar-refractivity contribution in [2.45, 2.75) is 43.8 Å². The summed E-state index contributed by atoms with van der Waals surface area (Å²) >= 11 is 6.12. The van der Waals surface area contributed by atoms with E-state index in [9.17, 15) is 31.4 Å². The van der Waals surface area contributed by atoms with Crippen molar-refractivity contribution >= 4 is 28.5 Å². The molecule has 3 aromatic rings. The summed E-state index contributed by atoms with van der Waals surface area (Å²) in [5.74, 6) is -4.66. The highest BCUT2D eigenvalue weighted by Gasteiger charge is 2.43. The largest absolute Gasteiger partial charge is 0.451 e. The highest BCUT2D eigenvalue weighted by Crippen LogP contribution is 2.41. The molecule has 1 aromatic carbocycles. The first kappa shape index (κ1) is 25.5. The third-order valence-electron chi connectivity index (χ3n) is 5.75. The fraction of sp³-hybridized carbons (Fsp3) is 0.476. The lowest BCUT2D eigenvalue weighted by atomic mass is 9.93. The van der Waals surface area contributed by atoms with Crippen LogP contribution in [0.25, 0.3) is 10.9 Å². The Labute approximate surface area is 200 Å². The molecule has 2 aromatic heterocycles. The number of methoxy groups -OCH3 is 1. The quantitative estimate of drug-likeness (QED) is 0.445. The second-order valence-corrected chi connectivity index (χ2v) is 8.55. The van der Waals surface area contributed by atoms with Crippen LogP contribution in [0.15, 0.2) is 18.2 Å². The molecule has 0 spiro atoms. The summed E-state index contributed by atoms with van der Waals surface area (Å²) in [6, 6.07) is 4.27. The van der Waals surface area contributed by atoms with Crippen LogP contribution in [0.1, 0.15) is 41.8 Å². The Kier molecular flexibility index (Phi) is 6.86. The molecular formula is C21H20ClF6N5O2. The number of aliphatic hydroxyl groups is 1. The zero-order chi connectivity index (χ0) is 25.5. The van der Waals surface area contributed by atoms with Gasteiger partial charge >= 0.3 is 12.4 Å². The normalized spacial score (nSPS) is 17.6. The lowest BCUT2D eigenvalue weighted by molar-refractivity contribution is -0.155. The number of H-pyrrole nitrogens is 1. The van der Waals surface area contributed by atoms with Crippen LogP contribution in [0.3, 0.4) is 0 Å². The molecule has 14 heteroatoms. The van der Waals surface area contributed by atoms with Crippen LogP contribution in [-0.2, 0) is 23.5 Å². The van der Waals surface area contributed by atoms with Crippen molar-refractivity contribution in [3.05, 3.63) is 46.1 Å². The van der Waals surface area contributed by atoms with Gasteiger partial charge in [0.15, 0.2) is 0 Å². The predicted molar refractivity (Wildman–Crippen MR) is 114 cm³/mol. The number of fused-ring (bicyclic) bond motifs is 3. The molecule has 190 valence electrons. The standard InChI is InChI=1S/C21H20ClF6N5O2/c1-35-7-5-11(34)9-15-16-12(13-8-10(22)2-3-14(13)29-16)4-6-33(15)19-31-17(20(23,24)25)30-18(32-19)21(26,27)28/h2-3,8,11,15,29,34H,4-7,9H2,1H3/t11-,15-/m0/s1. The van der Waals surface area contributed by atoms with Gasteiger partial charge in [0.25, 0.3) is 0 Å². The number of halogens is 7. The Morgan fingerprint density at radius 2 is 1.80 bits per heavy atom. The van der Waals surface area contributed by atoms with Gasteiger partial charge in [-0.1, -0.05) is 11.6 Å². The summed E-state index contributed by atoms with van der Waals surface area (Å²) in [4.78, 5) is 13.7. The van der Waals surface area contributed by atoms with Crippen molar-refractivity contribution < 1.29 is 36.2 Å².